The predicted molar refractivity (Wildman–Crippen MR) is 81.5 cm³/mol. The highest BCUT2D eigenvalue weighted by Gasteiger charge is 2.40. The number of benzene rings is 1. The van der Waals surface area contributed by atoms with Gasteiger partial charge in [0.05, 0.1) is 17.2 Å². The van der Waals surface area contributed by atoms with E-state index in [1.54, 1.807) is 0 Å². The van der Waals surface area contributed by atoms with Gasteiger partial charge in [0.15, 0.2) is 0 Å². The summed E-state index contributed by atoms with van der Waals surface area (Å²) in [5, 5.41) is 0.653. The molecular weight excluding hydrogens is 344 g/mol. The van der Waals surface area contributed by atoms with E-state index in [0.29, 0.717) is 5.02 Å². The number of halogens is 2. The molecule has 2 saturated heterocycles. The number of hydrogen-bond donors (Lipinski definition) is 0. The molecule has 20 heavy (non-hydrogen) atoms. The van der Waals surface area contributed by atoms with E-state index in [-0.39, 0.29) is 11.7 Å². The SMILES string of the molecule is Clc1ccc(Br)cc1OC1CCOC2(CCOCC2)C1. The maximum Gasteiger partial charge on any atom is 0.139 e. The summed E-state index contributed by atoms with van der Waals surface area (Å²) in [6, 6.07) is 5.69. The molecule has 0 saturated carbocycles. The van der Waals surface area contributed by atoms with Gasteiger partial charge in [0.25, 0.3) is 0 Å². The third-order valence-corrected chi connectivity index (χ3v) is 4.84. The fraction of sp³-hybridized carbons (Fsp3) is 0.600. The molecule has 5 heteroatoms. The molecule has 1 unspecified atom stereocenters. The summed E-state index contributed by atoms with van der Waals surface area (Å²) in [5.74, 6) is 0.746. The van der Waals surface area contributed by atoms with Gasteiger partial charge in [-0.3, -0.25) is 0 Å². The van der Waals surface area contributed by atoms with Crippen LogP contribution in [0.4, 0.5) is 0 Å². The second-order valence-electron chi connectivity index (χ2n) is 5.45. The van der Waals surface area contributed by atoms with Crippen LogP contribution < -0.4 is 4.74 Å². The maximum absolute atomic E-state index is 6.20. The van der Waals surface area contributed by atoms with E-state index in [0.717, 1.165) is 55.7 Å². The van der Waals surface area contributed by atoms with E-state index in [1.165, 1.54) is 0 Å². The Kier molecular flexibility index (Phi) is 4.55. The van der Waals surface area contributed by atoms with E-state index in [1.807, 2.05) is 18.2 Å². The van der Waals surface area contributed by atoms with Gasteiger partial charge in [0.1, 0.15) is 11.9 Å². The third kappa shape index (κ3) is 3.30. The standard InChI is InChI=1S/C15H18BrClO3/c16-11-1-2-13(17)14(9-11)20-12-3-6-19-15(10-12)4-7-18-8-5-15/h1-2,9,12H,3-8,10H2. The van der Waals surface area contributed by atoms with Gasteiger partial charge in [0.2, 0.25) is 0 Å². The molecule has 0 radical (unpaired) electrons. The normalized spacial score (nSPS) is 25.6. The molecular formula is C15H18BrClO3. The topological polar surface area (TPSA) is 27.7 Å². The molecule has 3 rings (SSSR count). The molecule has 2 aliphatic rings. The Bertz CT molecular complexity index is 469. The maximum atomic E-state index is 6.20. The zero-order valence-corrected chi connectivity index (χ0v) is 13.6. The summed E-state index contributed by atoms with van der Waals surface area (Å²) in [6.45, 7) is 2.31. The molecule has 2 aliphatic heterocycles. The zero-order chi connectivity index (χ0) is 14.0. The lowest BCUT2D eigenvalue weighted by Crippen LogP contribution is -2.47. The van der Waals surface area contributed by atoms with Crippen LogP contribution in [-0.2, 0) is 9.47 Å². The summed E-state index contributed by atoms with van der Waals surface area (Å²) >= 11 is 9.65. The average molecular weight is 362 g/mol. The van der Waals surface area contributed by atoms with E-state index in [2.05, 4.69) is 15.9 Å². The third-order valence-electron chi connectivity index (χ3n) is 4.04. The predicted octanol–water partition coefficient (Wildman–Crippen LogP) is 4.21. The molecule has 110 valence electrons. The zero-order valence-electron chi connectivity index (χ0n) is 11.2. The summed E-state index contributed by atoms with van der Waals surface area (Å²) in [7, 11) is 0. The molecule has 0 amide bonds. The van der Waals surface area contributed by atoms with Crippen LogP contribution in [0.5, 0.6) is 5.75 Å². The Hall–Kier alpha value is -0.290. The van der Waals surface area contributed by atoms with Crippen LogP contribution >= 0.6 is 27.5 Å². The molecule has 0 aliphatic carbocycles. The summed E-state index contributed by atoms with van der Waals surface area (Å²) in [4.78, 5) is 0. The van der Waals surface area contributed by atoms with Crippen molar-refractivity contribution >= 4 is 27.5 Å². The first-order valence-corrected chi connectivity index (χ1v) is 8.17. The Morgan fingerprint density at radius 2 is 2.05 bits per heavy atom. The first kappa shape index (κ1) is 14.6. The Labute approximate surface area is 132 Å². The molecule has 2 heterocycles. The van der Waals surface area contributed by atoms with Gasteiger partial charge in [-0.1, -0.05) is 27.5 Å². The van der Waals surface area contributed by atoms with Crippen LogP contribution in [0.2, 0.25) is 5.02 Å². The second kappa shape index (κ2) is 6.22. The quantitative estimate of drug-likeness (QED) is 0.790. The van der Waals surface area contributed by atoms with Gasteiger partial charge < -0.3 is 14.2 Å². The van der Waals surface area contributed by atoms with Gasteiger partial charge in [-0.2, -0.15) is 0 Å². The van der Waals surface area contributed by atoms with Crippen LogP contribution in [-0.4, -0.2) is 31.5 Å². The van der Waals surface area contributed by atoms with Gasteiger partial charge in [-0.05, 0) is 31.0 Å². The molecule has 1 aromatic carbocycles. The Balaban J connectivity index is 1.69. The molecule has 2 fully saturated rings. The highest BCUT2D eigenvalue weighted by molar-refractivity contribution is 9.10. The fourth-order valence-corrected chi connectivity index (χ4v) is 3.42. The van der Waals surface area contributed by atoms with Crippen molar-refractivity contribution in [3.05, 3.63) is 27.7 Å². The Morgan fingerprint density at radius 3 is 2.85 bits per heavy atom. The first-order valence-electron chi connectivity index (χ1n) is 7.00. The lowest BCUT2D eigenvalue weighted by atomic mass is 9.85. The molecule has 0 N–H and O–H groups in total. The molecule has 1 atom stereocenters. The highest BCUT2D eigenvalue weighted by Crippen LogP contribution is 2.37. The van der Waals surface area contributed by atoms with E-state index < -0.39 is 0 Å². The van der Waals surface area contributed by atoms with Crippen LogP contribution in [0, 0.1) is 0 Å². The average Bonchev–Trinajstić information content (AvgIpc) is 2.44. The van der Waals surface area contributed by atoms with Gasteiger partial charge >= 0.3 is 0 Å². The minimum atomic E-state index is -0.0559. The van der Waals surface area contributed by atoms with Crippen molar-refractivity contribution in [2.24, 2.45) is 0 Å². The van der Waals surface area contributed by atoms with Crippen molar-refractivity contribution < 1.29 is 14.2 Å². The summed E-state index contributed by atoms with van der Waals surface area (Å²) < 4.78 is 18.6. The minimum Gasteiger partial charge on any atom is -0.489 e. The van der Waals surface area contributed by atoms with Crippen LogP contribution in [0.1, 0.15) is 25.7 Å². The molecule has 1 spiro atoms. The van der Waals surface area contributed by atoms with Gasteiger partial charge in [0, 0.05) is 30.5 Å². The van der Waals surface area contributed by atoms with Crippen LogP contribution in [0.15, 0.2) is 22.7 Å². The Morgan fingerprint density at radius 1 is 1.25 bits per heavy atom. The highest BCUT2D eigenvalue weighted by atomic mass is 79.9. The smallest absolute Gasteiger partial charge is 0.139 e. The number of hydrogen-bond acceptors (Lipinski definition) is 3. The largest absolute Gasteiger partial charge is 0.489 e. The molecule has 3 nitrogen and oxygen atoms in total. The second-order valence-corrected chi connectivity index (χ2v) is 6.77. The van der Waals surface area contributed by atoms with Crippen molar-refractivity contribution in [1.82, 2.24) is 0 Å². The van der Waals surface area contributed by atoms with Gasteiger partial charge in [-0.15, -0.1) is 0 Å². The molecule has 0 aromatic heterocycles. The van der Waals surface area contributed by atoms with Crippen LogP contribution in [0.3, 0.4) is 0 Å². The van der Waals surface area contributed by atoms with Crippen molar-refractivity contribution in [3.8, 4) is 5.75 Å². The number of ether oxygens (including phenoxy) is 3. The van der Waals surface area contributed by atoms with E-state index in [4.69, 9.17) is 25.8 Å². The van der Waals surface area contributed by atoms with Crippen LogP contribution in [0.25, 0.3) is 0 Å². The first-order chi connectivity index (χ1) is 9.67. The van der Waals surface area contributed by atoms with Crippen molar-refractivity contribution in [2.45, 2.75) is 37.4 Å². The van der Waals surface area contributed by atoms with Gasteiger partial charge in [-0.25, -0.2) is 0 Å². The van der Waals surface area contributed by atoms with Crippen molar-refractivity contribution in [2.75, 3.05) is 19.8 Å². The minimum absolute atomic E-state index is 0.0559. The van der Waals surface area contributed by atoms with E-state index >= 15 is 0 Å². The molecule has 0 bridgehead atoms. The lowest BCUT2D eigenvalue weighted by molar-refractivity contribution is -0.155. The fourth-order valence-electron chi connectivity index (χ4n) is 2.92. The number of rotatable bonds is 2. The van der Waals surface area contributed by atoms with Crippen molar-refractivity contribution in [3.63, 3.8) is 0 Å². The summed E-state index contributed by atoms with van der Waals surface area (Å²) in [6.07, 6.45) is 3.90. The molecule has 1 aromatic rings. The van der Waals surface area contributed by atoms with E-state index in [9.17, 15) is 0 Å². The summed E-state index contributed by atoms with van der Waals surface area (Å²) in [5.41, 5.74) is -0.0559. The lowest BCUT2D eigenvalue weighted by Gasteiger charge is -2.43. The van der Waals surface area contributed by atoms with Crippen molar-refractivity contribution in [1.29, 1.82) is 0 Å². The monoisotopic (exact) mass is 360 g/mol.